The summed E-state index contributed by atoms with van der Waals surface area (Å²) in [6.45, 7) is 5.59. The molecular weight excluding hydrogens is 272 g/mol. The first-order valence-corrected chi connectivity index (χ1v) is 7.95. The molecule has 4 heteroatoms. The van der Waals surface area contributed by atoms with Gasteiger partial charge in [-0.15, -0.1) is 0 Å². The number of hydrogen-bond acceptors (Lipinski definition) is 2. The minimum absolute atomic E-state index is 0.0358. The fraction of sp³-hybridized carbons (Fsp3) is 0.647. The minimum atomic E-state index is -0.777. The maximum absolute atomic E-state index is 13.9. The van der Waals surface area contributed by atoms with E-state index in [1.165, 1.54) is 12.8 Å². The molecule has 0 saturated heterocycles. The standard InChI is InChI=1S/C17H25F2NO/c1-3-10-20-15(17(21-4-2)12-8-9-12)11-13-6-5-7-14(18)16(13)19/h5-7,12,15,17,20H,3-4,8-11H2,1-2H3. The van der Waals surface area contributed by atoms with Crippen LogP contribution in [-0.2, 0) is 11.2 Å². The lowest BCUT2D eigenvalue weighted by molar-refractivity contribution is 0.0190. The first-order chi connectivity index (χ1) is 10.2. The van der Waals surface area contributed by atoms with Crippen LogP contribution in [0.4, 0.5) is 8.78 Å². The third-order valence-electron chi connectivity index (χ3n) is 3.97. The van der Waals surface area contributed by atoms with E-state index in [9.17, 15) is 8.78 Å². The zero-order valence-corrected chi connectivity index (χ0v) is 12.9. The van der Waals surface area contributed by atoms with Gasteiger partial charge in [0, 0.05) is 12.6 Å². The van der Waals surface area contributed by atoms with E-state index in [4.69, 9.17) is 4.74 Å². The molecule has 0 bridgehead atoms. The van der Waals surface area contributed by atoms with Crippen LogP contribution in [0.2, 0.25) is 0 Å². The molecule has 118 valence electrons. The molecule has 1 aromatic rings. The largest absolute Gasteiger partial charge is 0.377 e. The molecule has 1 fully saturated rings. The van der Waals surface area contributed by atoms with Gasteiger partial charge in [-0.2, -0.15) is 0 Å². The summed E-state index contributed by atoms with van der Waals surface area (Å²) in [7, 11) is 0. The smallest absolute Gasteiger partial charge is 0.162 e. The molecule has 0 radical (unpaired) electrons. The second-order valence-electron chi connectivity index (χ2n) is 5.74. The number of rotatable bonds is 9. The van der Waals surface area contributed by atoms with E-state index >= 15 is 0 Å². The summed E-state index contributed by atoms with van der Waals surface area (Å²) in [6.07, 6.45) is 3.89. The van der Waals surface area contributed by atoms with Crippen molar-refractivity contribution < 1.29 is 13.5 Å². The van der Waals surface area contributed by atoms with Crippen molar-refractivity contribution in [3.05, 3.63) is 35.4 Å². The number of benzene rings is 1. The molecule has 2 atom stereocenters. The Hall–Kier alpha value is -1.00. The van der Waals surface area contributed by atoms with Gasteiger partial charge in [0.25, 0.3) is 0 Å². The van der Waals surface area contributed by atoms with E-state index in [0.29, 0.717) is 24.5 Å². The summed E-state index contributed by atoms with van der Waals surface area (Å²) in [5.41, 5.74) is 0.425. The van der Waals surface area contributed by atoms with Gasteiger partial charge in [0.05, 0.1) is 6.10 Å². The summed E-state index contributed by atoms with van der Waals surface area (Å²) in [6, 6.07) is 4.43. The van der Waals surface area contributed by atoms with Gasteiger partial charge in [0.15, 0.2) is 11.6 Å². The minimum Gasteiger partial charge on any atom is -0.377 e. The molecule has 1 N–H and O–H groups in total. The molecular formula is C17H25F2NO. The van der Waals surface area contributed by atoms with E-state index in [2.05, 4.69) is 12.2 Å². The highest BCUT2D eigenvalue weighted by molar-refractivity contribution is 5.20. The van der Waals surface area contributed by atoms with Crippen LogP contribution in [0.1, 0.15) is 38.7 Å². The van der Waals surface area contributed by atoms with Crippen LogP contribution in [0.25, 0.3) is 0 Å². The van der Waals surface area contributed by atoms with Crippen molar-refractivity contribution >= 4 is 0 Å². The molecule has 0 aliphatic heterocycles. The van der Waals surface area contributed by atoms with Crippen LogP contribution < -0.4 is 5.32 Å². The summed E-state index contributed by atoms with van der Waals surface area (Å²) in [5, 5.41) is 3.46. The predicted molar refractivity (Wildman–Crippen MR) is 80.3 cm³/mol. The zero-order chi connectivity index (χ0) is 15.2. The van der Waals surface area contributed by atoms with Crippen molar-refractivity contribution in [2.24, 2.45) is 5.92 Å². The highest BCUT2D eigenvalue weighted by atomic mass is 19.2. The Balaban J connectivity index is 2.12. The summed E-state index contributed by atoms with van der Waals surface area (Å²) in [4.78, 5) is 0. The Kier molecular flexibility index (Phi) is 6.12. The molecule has 2 unspecified atom stereocenters. The Morgan fingerprint density at radius 2 is 2.05 bits per heavy atom. The quantitative estimate of drug-likeness (QED) is 0.750. The zero-order valence-electron chi connectivity index (χ0n) is 12.9. The van der Waals surface area contributed by atoms with Gasteiger partial charge in [0.1, 0.15) is 0 Å². The first-order valence-electron chi connectivity index (χ1n) is 7.95. The second kappa shape index (κ2) is 7.85. The topological polar surface area (TPSA) is 21.3 Å². The average Bonchev–Trinajstić information content (AvgIpc) is 3.30. The number of halogens is 2. The van der Waals surface area contributed by atoms with E-state index < -0.39 is 11.6 Å². The SMILES string of the molecule is CCCNC(Cc1cccc(F)c1F)C(OCC)C1CC1. The van der Waals surface area contributed by atoms with Gasteiger partial charge in [0.2, 0.25) is 0 Å². The predicted octanol–water partition coefficient (Wildman–Crippen LogP) is 3.69. The normalized spacial score (nSPS) is 17.7. The summed E-state index contributed by atoms with van der Waals surface area (Å²) >= 11 is 0. The van der Waals surface area contributed by atoms with Gasteiger partial charge in [-0.1, -0.05) is 19.1 Å². The van der Waals surface area contributed by atoms with Gasteiger partial charge in [-0.05, 0) is 56.7 Å². The molecule has 0 aromatic heterocycles. The summed E-state index contributed by atoms with van der Waals surface area (Å²) in [5.74, 6) is -0.955. The molecule has 1 aliphatic rings. The number of ether oxygens (including phenoxy) is 1. The monoisotopic (exact) mass is 297 g/mol. The third kappa shape index (κ3) is 4.48. The molecule has 0 heterocycles. The first kappa shape index (κ1) is 16.4. The van der Waals surface area contributed by atoms with Crippen LogP contribution in [0, 0.1) is 17.6 Å². The lowest BCUT2D eigenvalue weighted by Crippen LogP contribution is -2.44. The molecule has 0 spiro atoms. The highest BCUT2D eigenvalue weighted by Crippen LogP contribution is 2.36. The van der Waals surface area contributed by atoms with Gasteiger partial charge in [-0.25, -0.2) is 8.78 Å². The molecule has 2 nitrogen and oxygen atoms in total. The van der Waals surface area contributed by atoms with Crippen LogP contribution in [-0.4, -0.2) is 25.3 Å². The Labute approximate surface area is 125 Å². The lowest BCUT2D eigenvalue weighted by atomic mass is 9.97. The number of hydrogen-bond donors (Lipinski definition) is 1. The van der Waals surface area contributed by atoms with Crippen molar-refractivity contribution in [3.8, 4) is 0 Å². The third-order valence-corrected chi connectivity index (χ3v) is 3.97. The second-order valence-corrected chi connectivity index (χ2v) is 5.74. The fourth-order valence-electron chi connectivity index (χ4n) is 2.78. The Morgan fingerprint density at radius 3 is 2.67 bits per heavy atom. The van der Waals surface area contributed by atoms with E-state index in [1.54, 1.807) is 12.1 Å². The highest BCUT2D eigenvalue weighted by Gasteiger charge is 2.37. The molecule has 21 heavy (non-hydrogen) atoms. The fourth-order valence-corrected chi connectivity index (χ4v) is 2.78. The van der Waals surface area contributed by atoms with E-state index in [0.717, 1.165) is 19.0 Å². The molecule has 1 saturated carbocycles. The molecule has 2 rings (SSSR count). The van der Waals surface area contributed by atoms with Crippen LogP contribution in [0.15, 0.2) is 18.2 Å². The molecule has 0 amide bonds. The van der Waals surface area contributed by atoms with Crippen molar-refractivity contribution in [1.82, 2.24) is 5.32 Å². The average molecular weight is 297 g/mol. The van der Waals surface area contributed by atoms with Crippen molar-refractivity contribution in [1.29, 1.82) is 0 Å². The maximum Gasteiger partial charge on any atom is 0.162 e. The van der Waals surface area contributed by atoms with Crippen molar-refractivity contribution in [2.45, 2.75) is 51.7 Å². The van der Waals surface area contributed by atoms with Gasteiger partial charge < -0.3 is 10.1 Å². The van der Waals surface area contributed by atoms with Gasteiger partial charge in [-0.3, -0.25) is 0 Å². The van der Waals surface area contributed by atoms with Crippen molar-refractivity contribution in [2.75, 3.05) is 13.2 Å². The van der Waals surface area contributed by atoms with Gasteiger partial charge >= 0.3 is 0 Å². The van der Waals surface area contributed by atoms with Crippen LogP contribution in [0.5, 0.6) is 0 Å². The number of nitrogens with one attached hydrogen (secondary N) is 1. The molecule has 1 aromatic carbocycles. The lowest BCUT2D eigenvalue weighted by Gasteiger charge is -2.28. The van der Waals surface area contributed by atoms with E-state index in [-0.39, 0.29) is 12.1 Å². The van der Waals surface area contributed by atoms with Crippen molar-refractivity contribution in [3.63, 3.8) is 0 Å². The van der Waals surface area contributed by atoms with Crippen LogP contribution >= 0.6 is 0 Å². The van der Waals surface area contributed by atoms with Crippen LogP contribution in [0.3, 0.4) is 0 Å². The maximum atomic E-state index is 13.9. The van der Waals surface area contributed by atoms with E-state index in [1.807, 2.05) is 6.92 Å². The Morgan fingerprint density at radius 1 is 1.29 bits per heavy atom. The Bertz CT molecular complexity index is 448. The summed E-state index contributed by atoms with van der Waals surface area (Å²) < 4.78 is 33.2. The molecule has 1 aliphatic carbocycles.